The van der Waals surface area contributed by atoms with E-state index in [1.165, 1.54) is 11.3 Å². The summed E-state index contributed by atoms with van der Waals surface area (Å²) in [7, 11) is 3.81. The molecule has 1 aromatic rings. The predicted molar refractivity (Wildman–Crippen MR) is 84.3 cm³/mol. The SMILES string of the molecule is CC(C)C1CCN(C(=O)c2sc(N(C)C)nc2N)CC1. The molecule has 0 spiro atoms. The van der Waals surface area contributed by atoms with Gasteiger partial charge in [0, 0.05) is 27.2 Å². The first-order valence-corrected chi connectivity index (χ1v) is 7.94. The van der Waals surface area contributed by atoms with Gasteiger partial charge in [0.15, 0.2) is 5.13 Å². The zero-order valence-electron chi connectivity index (χ0n) is 12.7. The van der Waals surface area contributed by atoms with E-state index in [-0.39, 0.29) is 5.91 Å². The van der Waals surface area contributed by atoms with Gasteiger partial charge in [-0.1, -0.05) is 25.2 Å². The molecule has 0 bridgehead atoms. The molecule has 1 aromatic heterocycles. The van der Waals surface area contributed by atoms with Crippen molar-refractivity contribution in [3.63, 3.8) is 0 Å². The van der Waals surface area contributed by atoms with Gasteiger partial charge in [0.2, 0.25) is 0 Å². The Morgan fingerprint density at radius 1 is 1.40 bits per heavy atom. The fraction of sp³-hybridized carbons (Fsp3) is 0.714. The van der Waals surface area contributed by atoms with Crippen molar-refractivity contribution in [1.82, 2.24) is 9.88 Å². The second-order valence-electron chi connectivity index (χ2n) is 5.98. The molecule has 1 fully saturated rings. The fourth-order valence-electron chi connectivity index (χ4n) is 2.58. The van der Waals surface area contributed by atoms with Crippen LogP contribution in [-0.2, 0) is 0 Å². The number of likely N-dealkylation sites (tertiary alicyclic amines) is 1. The molecule has 0 aromatic carbocycles. The van der Waals surface area contributed by atoms with Crippen LogP contribution in [0.2, 0.25) is 0 Å². The van der Waals surface area contributed by atoms with Crippen molar-refractivity contribution in [3.05, 3.63) is 4.88 Å². The number of thiazole rings is 1. The quantitative estimate of drug-likeness (QED) is 0.929. The lowest BCUT2D eigenvalue weighted by atomic mass is 9.87. The molecular weight excluding hydrogens is 272 g/mol. The Bertz CT molecular complexity index is 476. The number of nitrogens with two attached hydrogens (primary N) is 1. The molecule has 5 nitrogen and oxygen atoms in total. The number of hydrogen-bond donors (Lipinski definition) is 1. The highest BCUT2D eigenvalue weighted by atomic mass is 32.1. The van der Waals surface area contributed by atoms with Crippen molar-refractivity contribution < 1.29 is 4.79 Å². The molecule has 6 heteroatoms. The topological polar surface area (TPSA) is 62.5 Å². The average molecular weight is 296 g/mol. The molecule has 2 rings (SSSR count). The molecule has 1 amide bonds. The van der Waals surface area contributed by atoms with Gasteiger partial charge in [0.1, 0.15) is 10.7 Å². The van der Waals surface area contributed by atoms with Crippen molar-refractivity contribution in [2.45, 2.75) is 26.7 Å². The average Bonchev–Trinajstić information content (AvgIpc) is 2.80. The van der Waals surface area contributed by atoms with Crippen molar-refractivity contribution in [1.29, 1.82) is 0 Å². The third-order valence-corrected chi connectivity index (χ3v) is 5.22. The summed E-state index contributed by atoms with van der Waals surface area (Å²) in [5, 5.41) is 0.780. The van der Waals surface area contributed by atoms with E-state index in [0.717, 1.165) is 37.0 Å². The Morgan fingerprint density at radius 2 is 2.00 bits per heavy atom. The maximum absolute atomic E-state index is 12.5. The monoisotopic (exact) mass is 296 g/mol. The largest absolute Gasteiger partial charge is 0.382 e. The first-order valence-electron chi connectivity index (χ1n) is 7.13. The Balaban J connectivity index is 2.05. The number of carbonyl (C=O) groups is 1. The van der Waals surface area contributed by atoms with Crippen LogP contribution >= 0.6 is 11.3 Å². The van der Waals surface area contributed by atoms with Crippen molar-refractivity contribution in [2.24, 2.45) is 11.8 Å². The molecule has 0 saturated carbocycles. The van der Waals surface area contributed by atoms with Gasteiger partial charge in [-0.2, -0.15) is 0 Å². The summed E-state index contributed by atoms with van der Waals surface area (Å²) in [6.45, 7) is 6.17. The third-order valence-electron chi connectivity index (χ3n) is 3.99. The molecule has 0 atom stereocenters. The molecule has 20 heavy (non-hydrogen) atoms. The van der Waals surface area contributed by atoms with Gasteiger partial charge >= 0.3 is 0 Å². The van der Waals surface area contributed by atoms with Crippen LogP contribution in [0.1, 0.15) is 36.4 Å². The van der Waals surface area contributed by atoms with Crippen molar-refractivity contribution in [2.75, 3.05) is 37.8 Å². The summed E-state index contributed by atoms with van der Waals surface area (Å²) in [5.41, 5.74) is 5.89. The highest BCUT2D eigenvalue weighted by molar-refractivity contribution is 7.18. The molecule has 1 saturated heterocycles. The molecule has 2 heterocycles. The molecule has 1 aliphatic rings. The summed E-state index contributed by atoms with van der Waals surface area (Å²) >= 11 is 1.38. The van der Waals surface area contributed by atoms with Crippen LogP contribution < -0.4 is 10.6 Å². The number of nitrogen functional groups attached to an aromatic ring is 1. The molecule has 112 valence electrons. The van der Waals surface area contributed by atoms with Crippen LogP contribution in [0, 0.1) is 11.8 Å². The van der Waals surface area contributed by atoms with Gasteiger partial charge < -0.3 is 15.5 Å². The molecule has 2 N–H and O–H groups in total. The zero-order chi connectivity index (χ0) is 14.9. The van der Waals surface area contributed by atoms with Gasteiger partial charge in [0.05, 0.1) is 0 Å². The van der Waals surface area contributed by atoms with Gasteiger partial charge in [-0.25, -0.2) is 4.98 Å². The Labute approximate surface area is 124 Å². The maximum atomic E-state index is 12.5. The second kappa shape index (κ2) is 5.99. The van der Waals surface area contributed by atoms with Gasteiger partial charge in [-0.05, 0) is 24.7 Å². The Morgan fingerprint density at radius 3 is 2.45 bits per heavy atom. The molecule has 1 aliphatic heterocycles. The minimum absolute atomic E-state index is 0.0373. The van der Waals surface area contributed by atoms with Gasteiger partial charge in [0.25, 0.3) is 5.91 Å². The normalized spacial score (nSPS) is 16.8. The summed E-state index contributed by atoms with van der Waals surface area (Å²) in [6, 6.07) is 0. The van der Waals surface area contributed by atoms with Crippen LogP contribution in [0.15, 0.2) is 0 Å². The third kappa shape index (κ3) is 3.06. The predicted octanol–water partition coefficient (Wildman–Crippen LogP) is 2.30. The van der Waals surface area contributed by atoms with E-state index in [0.29, 0.717) is 16.6 Å². The van der Waals surface area contributed by atoms with Crippen molar-refractivity contribution in [3.8, 4) is 0 Å². The van der Waals surface area contributed by atoms with E-state index in [9.17, 15) is 4.79 Å². The van der Waals surface area contributed by atoms with Gasteiger partial charge in [-0.15, -0.1) is 0 Å². The zero-order valence-corrected chi connectivity index (χ0v) is 13.5. The highest BCUT2D eigenvalue weighted by Crippen LogP contribution is 2.30. The number of amides is 1. The maximum Gasteiger partial charge on any atom is 0.267 e. The van der Waals surface area contributed by atoms with E-state index < -0.39 is 0 Å². The lowest BCUT2D eigenvalue weighted by Crippen LogP contribution is -2.39. The Kier molecular flexibility index (Phi) is 4.52. The number of piperidine rings is 1. The lowest BCUT2D eigenvalue weighted by molar-refractivity contribution is 0.0673. The van der Waals surface area contributed by atoms with Crippen LogP contribution in [0.4, 0.5) is 10.9 Å². The smallest absolute Gasteiger partial charge is 0.267 e. The first-order chi connectivity index (χ1) is 9.40. The number of hydrogen-bond acceptors (Lipinski definition) is 5. The number of anilines is 2. The van der Waals surface area contributed by atoms with Crippen molar-refractivity contribution >= 4 is 28.2 Å². The lowest BCUT2D eigenvalue weighted by Gasteiger charge is -2.33. The minimum Gasteiger partial charge on any atom is -0.382 e. The van der Waals surface area contributed by atoms with Crippen LogP contribution in [-0.4, -0.2) is 43.0 Å². The molecular formula is C14H24N4OS. The standard InChI is InChI=1S/C14H24N4OS/c1-9(2)10-5-7-18(8-6-10)13(19)11-12(15)16-14(20-11)17(3)4/h9-10H,5-8,15H2,1-4H3. The summed E-state index contributed by atoms with van der Waals surface area (Å²) < 4.78 is 0. The van der Waals surface area contributed by atoms with Crippen LogP contribution in [0.25, 0.3) is 0 Å². The number of carbonyl (C=O) groups excluding carboxylic acids is 1. The molecule has 0 radical (unpaired) electrons. The Hall–Kier alpha value is -1.30. The van der Waals surface area contributed by atoms with E-state index in [1.807, 2.05) is 23.9 Å². The number of rotatable bonds is 3. The van der Waals surface area contributed by atoms with Crippen LogP contribution in [0.5, 0.6) is 0 Å². The highest BCUT2D eigenvalue weighted by Gasteiger charge is 2.28. The summed E-state index contributed by atoms with van der Waals surface area (Å²) in [6.07, 6.45) is 2.17. The van der Waals surface area contributed by atoms with E-state index >= 15 is 0 Å². The number of aromatic nitrogens is 1. The fourth-order valence-corrected chi connectivity index (χ4v) is 3.45. The minimum atomic E-state index is 0.0373. The second-order valence-corrected chi connectivity index (χ2v) is 6.96. The van der Waals surface area contributed by atoms with E-state index in [4.69, 9.17) is 5.73 Å². The van der Waals surface area contributed by atoms with E-state index in [2.05, 4.69) is 18.8 Å². The van der Waals surface area contributed by atoms with Gasteiger partial charge in [-0.3, -0.25) is 4.79 Å². The van der Waals surface area contributed by atoms with Crippen LogP contribution in [0.3, 0.4) is 0 Å². The molecule has 0 unspecified atom stereocenters. The first kappa shape index (κ1) is 15.1. The number of nitrogens with zero attached hydrogens (tertiary/aromatic N) is 3. The van der Waals surface area contributed by atoms with E-state index in [1.54, 1.807) is 0 Å². The molecule has 0 aliphatic carbocycles. The summed E-state index contributed by atoms with van der Waals surface area (Å²) in [4.78, 5) is 21.2. The summed E-state index contributed by atoms with van der Waals surface area (Å²) in [5.74, 6) is 1.82.